The van der Waals surface area contributed by atoms with Crippen LogP contribution in [0, 0.1) is 21.7 Å². The molecule has 0 radical (unpaired) electrons. The van der Waals surface area contributed by atoms with Crippen LogP contribution in [-0.2, 0) is 0 Å². The van der Waals surface area contributed by atoms with E-state index in [2.05, 4.69) is 72.0 Å². The van der Waals surface area contributed by atoms with E-state index < -0.39 is 21.9 Å². The molecule has 194 valence electrons. The summed E-state index contributed by atoms with van der Waals surface area (Å²) in [6.45, 7) is 27.7. The molecule has 0 aromatic carbocycles. The fraction of sp³-hybridized carbons (Fsp3) is 0.931. The molecule has 0 aliphatic carbocycles. The summed E-state index contributed by atoms with van der Waals surface area (Å²) in [6, 6.07) is 0. The second kappa shape index (κ2) is 15.4. The standard InChI is InChI=1S/C29H59INO/c1-11-13-15-19-28(7,8)25-29(9,10)21-18-23-31(30-32)22-17-14-16-20-27(5,6)24-26(3,4)12-2/h11,32H,1,12-25H2,2-10H3/q-1. The van der Waals surface area contributed by atoms with Crippen molar-refractivity contribution in [2.75, 3.05) is 13.1 Å². The third-order valence-corrected chi connectivity index (χ3v) is 8.82. The molecule has 0 rings (SSSR count). The van der Waals surface area contributed by atoms with Crippen molar-refractivity contribution in [2.45, 2.75) is 139 Å². The van der Waals surface area contributed by atoms with Crippen LogP contribution in [0.15, 0.2) is 12.7 Å². The van der Waals surface area contributed by atoms with Gasteiger partial charge in [0.05, 0.1) is 0 Å². The van der Waals surface area contributed by atoms with E-state index >= 15 is 0 Å². The molecule has 0 fully saturated rings. The molecule has 0 unspecified atom stereocenters. The SMILES string of the molecule is C=CCCCC(C)(C)CC(C)(C)CCCN(CCCCCC(C)(C)CC(C)(C)CC)[I-]O. The number of nitrogens with zero attached hydrogens (tertiary/aromatic N) is 1. The van der Waals surface area contributed by atoms with Gasteiger partial charge in [0.2, 0.25) is 0 Å². The van der Waals surface area contributed by atoms with Crippen molar-refractivity contribution in [1.82, 2.24) is 3.11 Å². The zero-order valence-electron chi connectivity index (χ0n) is 23.5. The van der Waals surface area contributed by atoms with E-state index in [4.69, 9.17) is 0 Å². The molecule has 0 bridgehead atoms. The van der Waals surface area contributed by atoms with Crippen LogP contribution >= 0.6 is 0 Å². The Morgan fingerprint density at radius 2 is 1.16 bits per heavy atom. The van der Waals surface area contributed by atoms with E-state index in [0.717, 1.165) is 19.5 Å². The fourth-order valence-corrected chi connectivity index (χ4v) is 6.80. The Labute approximate surface area is 214 Å². The molecule has 2 nitrogen and oxygen atoms in total. The van der Waals surface area contributed by atoms with Gasteiger partial charge in [-0.1, -0.05) is 0 Å². The van der Waals surface area contributed by atoms with Crippen LogP contribution in [0.1, 0.15) is 139 Å². The summed E-state index contributed by atoms with van der Waals surface area (Å²) in [4.78, 5) is 0. The van der Waals surface area contributed by atoms with Gasteiger partial charge in [-0.2, -0.15) is 0 Å². The summed E-state index contributed by atoms with van der Waals surface area (Å²) in [6.07, 6.45) is 17.2. The molecule has 0 aromatic heterocycles. The van der Waals surface area contributed by atoms with E-state index in [1.807, 2.05) is 6.08 Å². The molecular weight excluding hydrogens is 505 g/mol. The molecule has 1 N–H and O–H groups in total. The molecule has 32 heavy (non-hydrogen) atoms. The third-order valence-electron chi connectivity index (χ3n) is 7.25. The quantitative estimate of drug-likeness (QED) is 0.0825. The van der Waals surface area contributed by atoms with Gasteiger partial charge in [-0.15, -0.1) is 0 Å². The second-order valence-electron chi connectivity index (χ2n) is 13.4. The maximum atomic E-state index is 9.93. The first-order chi connectivity index (χ1) is 14.7. The Balaban J connectivity index is 4.19. The minimum absolute atomic E-state index is 0.370. The number of rotatable bonds is 20. The van der Waals surface area contributed by atoms with Crippen molar-refractivity contribution < 1.29 is 25.3 Å². The molecule has 0 aliphatic heterocycles. The van der Waals surface area contributed by atoms with Crippen LogP contribution < -0.4 is 21.9 Å². The van der Waals surface area contributed by atoms with Crippen molar-refractivity contribution in [3.8, 4) is 0 Å². The number of halogens is 1. The summed E-state index contributed by atoms with van der Waals surface area (Å²) in [5.74, 6) is 0. The Morgan fingerprint density at radius 1 is 0.688 bits per heavy atom. The van der Waals surface area contributed by atoms with Crippen LogP contribution in [-0.4, -0.2) is 19.6 Å². The fourth-order valence-electron chi connectivity index (χ4n) is 5.69. The molecule has 0 saturated carbocycles. The van der Waals surface area contributed by atoms with E-state index in [9.17, 15) is 3.44 Å². The van der Waals surface area contributed by atoms with E-state index in [-0.39, 0.29) is 0 Å². The minimum atomic E-state index is -0.789. The molecule has 0 aromatic rings. The van der Waals surface area contributed by atoms with Gasteiger partial charge in [-0.05, 0) is 0 Å². The van der Waals surface area contributed by atoms with Crippen molar-refractivity contribution in [2.24, 2.45) is 21.7 Å². The Kier molecular flexibility index (Phi) is 15.6. The zero-order chi connectivity index (χ0) is 24.9. The summed E-state index contributed by atoms with van der Waals surface area (Å²) >= 11 is -0.789. The number of hydrogen-bond acceptors (Lipinski definition) is 2. The Morgan fingerprint density at radius 3 is 1.66 bits per heavy atom. The Bertz CT molecular complexity index is 495. The maximum absolute atomic E-state index is 9.93. The molecule has 0 spiro atoms. The monoisotopic (exact) mass is 564 g/mol. The van der Waals surface area contributed by atoms with Crippen molar-refractivity contribution in [3.63, 3.8) is 0 Å². The first-order valence-corrected chi connectivity index (χ1v) is 15.3. The molecular formula is C29H59INO-. The van der Waals surface area contributed by atoms with E-state index in [0.29, 0.717) is 21.7 Å². The molecule has 0 aliphatic rings. The van der Waals surface area contributed by atoms with Crippen molar-refractivity contribution in [3.05, 3.63) is 12.7 Å². The van der Waals surface area contributed by atoms with Crippen LogP contribution in [0.5, 0.6) is 0 Å². The summed E-state index contributed by atoms with van der Waals surface area (Å²) < 4.78 is 12.3. The normalized spacial score (nSPS) is 13.8. The molecule has 0 atom stereocenters. The topological polar surface area (TPSA) is 23.5 Å². The molecule has 3 heteroatoms. The van der Waals surface area contributed by atoms with E-state index in [1.165, 1.54) is 70.6 Å². The van der Waals surface area contributed by atoms with Crippen LogP contribution in [0.3, 0.4) is 0 Å². The molecule has 0 saturated heterocycles. The predicted molar refractivity (Wildman–Crippen MR) is 140 cm³/mol. The average molecular weight is 565 g/mol. The van der Waals surface area contributed by atoms with Crippen LogP contribution in [0.4, 0.5) is 0 Å². The van der Waals surface area contributed by atoms with Gasteiger partial charge in [0.15, 0.2) is 0 Å². The van der Waals surface area contributed by atoms with Gasteiger partial charge in [0, 0.05) is 0 Å². The zero-order valence-corrected chi connectivity index (χ0v) is 25.6. The van der Waals surface area contributed by atoms with Gasteiger partial charge in [-0.25, -0.2) is 0 Å². The number of allylic oxidation sites excluding steroid dienone is 1. The number of unbranched alkanes of at least 4 members (excludes halogenated alkanes) is 3. The summed E-state index contributed by atoms with van der Waals surface area (Å²) in [5, 5.41) is 0. The van der Waals surface area contributed by atoms with Crippen molar-refractivity contribution in [1.29, 1.82) is 0 Å². The molecule has 0 heterocycles. The molecule has 0 amide bonds. The summed E-state index contributed by atoms with van der Waals surface area (Å²) in [5.41, 5.74) is 1.66. The Hall–Kier alpha value is 0.390. The number of hydrogen-bond donors (Lipinski definition) is 1. The van der Waals surface area contributed by atoms with Gasteiger partial charge < -0.3 is 0 Å². The first-order valence-electron chi connectivity index (χ1n) is 13.3. The van der Waals surface area contributed by atoms with Crippen LogP contribution in [0.25, 0.3) is 0 Å². The van der Waals surface area contributed by atoms with Crippen LogP contribution in [0.2, 0.25) is 0 Å². The first kappa shape index (κ1) is 32.4. The second-order valence-corrected chi connectivity index (χ2v) is 15.2. The van der Waals surface area contributed by atoms with E-state index in [1.54, 1.807) is 0 Å². The van der Waals surface area contributed by atoms with Gasteiger partial charge in [0.25, 0.3) is 0 Å². The van der Waals surface area contributed by atoms with Crippen molar-refractivity contribution >= 4 is 0 Å². The summed E-state index contributed by atoms with van der Waals surface area (Å²) in [7, 11) is 0. The average Bonchev–Trinajstić information content (AvgIpc) is 2.64. The van der Waals surface area contributed by atoms with Gasteiger partial charge in [-0.3, -0.25) is 0 Å². The predicted octanol–water partition coefficient (Wildman–Crippen LogP) is 6.19. The third kappa shape index (κ3) is 16.9. The van der Waals surface area contributed by atoms with Gasteiger partial charge >= 0.3 is 215 Å². The van der Waals surface area contributed by atoms with Gasteiger partial charge in [0.1, 0.15) is 0 Å².